The fourth-order valence-corrected chi connectivity index (χ4v) is 3.32. The van der Waals surface area contributed by atoms with E-state index in [4.69, 9.17) is 5.73 Å². The van der Waals surface area contributed by atoms with Gasteiger partial charge in [-0.3, -0.25) is 4.79 Å². The molecule has 3 nitrogen and oxygen atoms in total. The molecule has 0 aromatic carbocycles. The summed E-state index contributed by atoms with van der Waals surface area (Å²) in [6, 6.07) is 0.246. The standard InChI is InChI=1S/C14H26N2O/c1-14(2)7-4-8-16(10-14)13(17)11-5-3-6-12(15)9-11/h11-12H,3-10,15H2,1-2H3. The van der Waals surface area contributed by atoms with E-state index in [1.54, 1.807) is 0 Å². The molecule has 1 heterocycles. The van der Waals surface area contributed by atoms with Crippen LogP contribution in [0.2, 0.25) is 0 Å². The highest BCUT2D eigenvalue weighted by Crippen LogP contribution is 2.31. The van der Waals surface area contributed by atoms with Crippen molar-refractivity contribution in [3.05, 3.63) is 0 Å². The maximum atomic E-state index is 12.5. The number of nitrogens with two attached hydrogens (primary N) is 1. The molecule has 1 aliphatic heterocycles. The molecular formula is C14H26N2O. The normalized spacial score (nSPS) is 33.5. The summed E-state index contributed by atoms with van der Waals surface area (Å²) in [7, 11) is 0. The molecule has 0 radical (unpaired) electrons. The van der Waals surface area contributed by atoms with Crippen LogP contribution in [0.25, 0.3) is 0 Å². The van der Waals surface area contributed by atoms with Gasteiger partial charge in [0.15, 0.2) is 0 Å². The Hall–Kier alpha value is -0.570. The number of nitrogens with zero attached hydrogens (tertiary/aromatic N) is 1. The fraction of sp³-hybridized carbons (Fsp3) is 0.929. The number of amides is 1. The van der Waals surface area contributed by atoms with Crippen LogP contribution >= 0.6 is 0 Å². The van der Waals surface area contributed by atoms with Crippen molar-refractivity contribution in [1.29, 1.82) is 0 Å². The molecule has 98 valence electrons. The van der Waals surface area contributed by atoms with Crippen LogP contribution in [0.3, 0.4) is 0 Å². The Morgan fingerprint density at radius 1 is 1.29 bits per heavy atom. The molecule has 2 fully saturated rings. The summed E-state index contributed by atoms with van der Waals surface area (Å²) in [4.78, 5) is 14.5. The summed E-state index contributed by atoms with van der Waals surface area (Å²) in [5, 5.41) is 0. The van der Waals surface area contributed by atoms with Crippen molar-refractivity contribution in [3.63, 3.8) is 0 Å². The summed E-state index contributed by atoms with van der Waals surface area (Å²) >= 11 is 0. The monoisotopic (exact) mass is 238 g/mol. The van der Waals surface area contributed by atoms with Gasteiger partial charge >= 0.3 is 0 Å². The molecule has 2 rings (SSSR count). The van der Waals surface area contributed by atoms with Crippen molar-refractivity contribution < 1.29 is 4.79 Å². The first kappa shape index (κ1) is 12.9. The maximum Gasteiger partial charge on any atom is 0.225 e. The van der Waals surface area contributed by atoms with Gasteiger partial charge in [-0.05, 0) is 37.5 Å². The molecule has 0 aromatic rings. The van der Waals surface area contributed by atoms with E-state index in [0.717, 1.165) is 45.2 Å². The van der Waals surface area contributed by atoms with Gasteiger partial charge in [0.25, 0.3) is 0 Å². The molecule has 2 N–H and O–H groups in total. The average molecular weight is 238 g/mol. The van der Waals surface area contributed by atoms with Crippen molar-refractivity contribution >= 4 is 5.91 Å². The minimum atomic E-state index is 0.202. The van der Waals surface area contributed by atoms with Crippen LogP contribution in [0.4, 0.5) is 0 Å². The number of likely N-dealkylation sites (tertiary alicyclic amines) is 1. The average Bonchev–Trinajstić information content (AvgIpc) is 2.26. The lowest BCUT2D eigenvalue weighted by molar-refractivity contribution is -0.139. The van der Waals surface area contributed by atoms with Crippen LogP contribution in [0, 0.1) is 11.3 Å². The SMILES string of the molecule is CC1(C)CCCN(C(=O)C2CCCC(N)C2)C1. The molecule has 3 heteroatoms. The topological polar surface area (TPSA) is 46.3 Å². The molecule has 0 spiro atoms. The second-order valence-corrected chi connectivity index (χ2v) is 6.65. The third-order valence-electron chi connectivity index (χ3n) is 4.28. The van der Waals surface area contributed by atoms with Gasteiger partial charge < -0.3 is 10.6 Å². The second kappa shape index (κ2) is 4.97. The molecule has 2 aliphatic rings. The second-order valence-electron chi connectivity index (χ2n) is 6.65. The van der Waals surface area contributed by atoms with E-state index in [1.807, 2.05) is 0 Å². The Kier molecular flexibility index (Phi) is 3.76. The Balaban J connectivity index is 1.94. The Labute approximate surface area is 105 Å². The number of carbonyl (C=O) groups excluding carboxylic acids is 1. The molecule has 1 saturated carbocycles. The van der Waals surface area contributed by atoms with Crippen molar-refractivity contribution in [2.75, 3.05) is 13.1 Å². The zero-order chi connectivity index (χ0) is 12.5. The van der Waals surface area contributed by atoms with Gasteiger partial charge in [-0.2, -0.15) is 0 Å². The summed E-state index contributed by atoms with van der Waals surface area (Å²) in [5.74, 6) is 0.570. The van der Waals surface area contributed by atoms with Gasteiger partial charge in [-0.15, -0.1) is 0 Å². The molecule has 17 heavy (non-hydrogen) atoms. The van der Waals surface area contributed by atoms with Gasteiger partial charge in [-0.25, -0.2) is 0 Å². The quantitative estimate of drug-likeness (QED) is 0.761. The first-order valence-electron chi connectivity index (χ1n) is 7.02. The number of carbonyl (C=O) groups is 1. The van der Waals surface area contributed by atoms with Crippen LogP contribution < -0.4 is 5.73 Å². The van der Waals surface area contributed by atoms with Gasteiger partial charge in [0.05, 0.1) is 0 Å². The lowest BCUT2D eigenvalue weighted by Crippen LogP contribution is -2.47. The van der Waals surface area contributed by atoms with Crippen LogP contribution in [0.15, 0.2) is 0 Å². The Bertz CT molecular complexity index is 288. The maximum absolute atomic E-state index is 12.5. The smallest absolute Gasteiger partial charge is 0.225 e. The number of rotatable bonds is 1. The van der Waals surface area contributed by atoms with Gasteiger partial charge in [0.1, 0.15) is 0 Å². The van der Waals surface area contributed by atoms with Crippen LogP contribution in [-0.2, 0) is 4.79 Å². The minimum absolute atomic E-state index is 0.202. The molecule has 1 aliphatic carbocycles. The summed E-state index contributed by atoms with van der Waals surface area (Å²) < 4.78 is 0. The zero-order valence-electron chi connectivity index (χ0n) is 11.2. The molecule has 2 unspecified atom stereocenters. The summed E-state index contributed by atoms with van der Waals surface area (Å²) in [5.41, 5.74) is 6.27. The van der Waals surface area contributed by atoms with E-state index in [-0.39, 0.29) is 12.0 Å². The number of hydrogen-bond donors (Lipinski definition) is 1. The van der Waals surface area contributed by atoms with Gasteiger partial charge in [-0.1, -0.05) is 20.3 Å². The third-order valence-corrected chi connectivity index (χ3v) is 4.28. The molecule has 0 bridgehead atoms. The predicted octanol–water partition coefficient (Wildman–Crippen LogP) is 2.15. The first-order chi connectivity index (χ1) is 7.98. The van der Waals surface area contributed by atoms with E-state index < -0.39 is 0 Å². The molecule has 1 amide bonds. The Morgan fingerprint density at radius 2 is 2.06 bits per heavy atom. The zero-order valence-corrected chi connectivity index (χ0v) is 11.2. The lowest BCUT2D eigenvalue weighted by atomic mass is 9.81. The van der Waals surface area contributed by atoms with E-state index in [0.29, 0.717) is 11.3 Å². The van der Waals surface area contributed by atoms with E-state index in [9.17, 15) is 4.79 Å². The molecule has 2 atom stereocenters. The highest BCUT2D eigenvalue weighted by Gasteiger charge is 2.34. The largest absolute Gasteiger partial charge is 0.342 e. The molecular weight excluding hydrogens is 212 g/mol. The van der Waals surface area contributed by atoms with Crippen LogP contribution in [0.5, 0.6) is 0 Å². The van der Waals surface area contributed by atoms with E-state index >= 15 is 0 Å². The van der Waals surface area contributed by atoms with Crippen LogP contribution in [-0.4, -0.2) is 29.9 Å². The molecule has 1 saturated heterocycles. The van der Waals surface area contributed by atoms with Crippen molar-refractivity contribution in [3.8, 4) is 0 Å². The lowest BCUT2D eigenvalue weighted by Gasteiger charge is -2.40. The predicted molar refractivity (Wildman–Crippen MR) is 69.5 cm³/mol. The summed E-state index contributed by atoms with van der Waals surface area (Å²) in [6.07, 6.45) is 6.54. The Morgan fingerprint density at radius 3 is 2.71 bits per heavy atom. The van der Waals surface area contributed by atoms with Crippen molar-refractivity contribution in [1.82, 2.24) is 4.90 Å². The fourth-order valence-electron chi connectivity index (χ4n) is 3.32. The van der Waals surface area contributed by atoms with Crippen LogP contribution in [0.1, 0.15) is 52.4 Å². The highest BCUT2D eigenvalue weighted by molar-refractivity contribution is 5.79. The van der Waals surface area contributed by atoms with E-state index in [1.165, 1.54) is 6.42 Å². The molecule has 0 aromatic heterocycles. The van der Waals surface area contributed by atoms with Crippen molar-refractivity contribution in [2.45, 2.75) is 58.4 Å². The summed E-state index contributed by atoms with van der Waals surface area (Å²) in [6.45, 7) is 6.41. The number of piperidine rings is 1. The van der Waals surface area contributed by atoms with Gasteiger partial charge in [0.2, 0.25) is 5.91 Å². The third kappa shape index (κ3) is 3.21. The number of hydrogen-bond acceptors (Lipinski definition) is 2. The minimum Gasteiger partial charge on any atom is -0.342 e. The van der Waals surface area contributed by atoms with Crippen molar-refractivity contribution in [2.24, 2.45) is 17.1 Å². The first-order valence-corrected chi connectivity index (χ1v) is 7.02. The van der Waals surface area contributed by atoms with Gasteiger partial charge in [0, 0.05) is 25.0 Å². The highest BCUT2D eigenvalue weighted by atomic mass is 16.2. The van der Waals surface area contributed by atoms with E-state index in [2.05, 4.69) is 18.7 Å².